The predicted octanol–water partition coefficient (Wildman–Crippen LogP) is 13.1. The Morgan fingerprint density at radius 2 is 1.20 bits per heavy atom. The summed E-state index contributed by atoms with van der Waals surface area (Å²) < 4.78 is 15.6. The van der Waals surface area contributed by atoms with Crippen LogP contribution in [0.2, 0.25) is 0 Å². The lowest BCUT2D eigenvalue weighted by atomic mass is 10.0. The SMILES string of the molecule is CCCCc1ccc(-c2nc(-c3ccccc3)nc(-c3cccc4oc5cc(-n6c7ccccc7c7ccc8c9ccccc9oc8c76)ccc5c34)n2)cc1. The molecule has 55 heavy (non-hydrogen) atoms. The van der Waals surface area contributed by atoms with Crippen molar-refractivity contribution in [2.24, 2.45) is 0 Å². The van der Waals surface area contributed by atoms with Crippen LogP contribution in [0.15, 0.2) is 160 Å². The summed E-state index contributed by atoms with van der Waals surface area (Å²) in [4.78, 5) is 15.2. The minimum absolute atomic E-state index is 0.603. The van der Waals surface area contributed by atoms with Crippen molar-refractivity contribution in [1.82, 2.24) is 19.5 Å². The number of nitrogens with zero attached hydrogens (tertiary/aromatic N) is 4. The van der Waals surface area contributed by atoms with Crippen LogP contribution in [0.1, 0.15) is 25.3 Å². The van der Waals surface area contributed by atoms with Crippen molar-refractivity contribution in [2.45, 2.75) is 26.2 Å². The third kappa shape index (κ3) is 5.06. The quantitative estimate of drug-likeness (QED) is 0.165. The number of aryl methyl sites for hydroxylation is 1. The Labute approximate surface area is 316 Å². The third-order valence-corrected chi connectivity index (χ3v) is 10.9. The Kier molecular flexibility index (Phi) is 7.17. The molecule has 0 fully saturated rings. The van der Waals surface area contributed by atoms with Crippen molar-refractivity contribution in [3.05, 3.63) is 157 Å². The normalized spacial score (nSPS) is 11.9. The second-order valence-corrected chi connectivity index (χ2v) is 14.2. The lowest BCUT2D eigenvalue weighted by molar-refractivity contribution is 0.668. The van der Waals surface area contributed by atoms with Gasteiger partial charge in [-0.1, -0.05) is 123 Å². The summed E-state index contributed by atoms with van der Waals surface area (Å²) in [5.74, 6) is 1.87. The smallest absolute Gasteiger partial charge is 0.164 e. The third-order valence-electron chi connectivity index (χ3n) is 10.9. The van der Waals surface area contributed by atoms with E-state index in [1.54, 1.807) is 0 Å². The van der Waals surface area contributed by atoms with Gasteiger partial charge in [0.2, 0.25) is 0 Å². The lowest BCUT2D eigenvalue weighted by Crippen LogP contribution is -2.00. The first-order valence-electron chi connectivity index (χ1n) is 18.9. The number of hydrogen-bond acceptors (Lipinski definition) is 5. The molecule has 6 nitrogen and oxygen atoms in total. The molecule has 0 aliphatic heterocycles. The second-order valence-electron chi connectivity index (χ2n) is 14.2. The van der Waals surface area contributed by atoms with Crippen LogP contribution < -0.4 is 0 Å². The standard InChI is InChI=1S/C49H34N4O2/c1-2-3-12-30-21-23-32(24-22-30)48-50-47(31-13-5-4-6-14-31)51-49(52-48)39-17-11-20-42-44(39)38-26-25-33(29-43(38)54-42)53-40-18-9-7-15-34(40)36-27-28-37-35-16-8-10-19-41(35)55-46(37)45(36)53/h4-11,13-29H,2-3,12H2,1H3. The fraction of sp³-hybridized carbons (Fsp3) is 0.0816. The molecule has 7 aromatic carbocycles. The first-order chi connectivity index (χ1) is 27.2. The maximum atomic E-state index is 6.68. The molecule has 0 aliphatic carbocycles. The van der Waals surface area contributed by atoms with Crippen molar-refractivity contribution in [2.75, 3.05) is 0 Å². The molecule has 11 aromatic rings. The second kappa shape index (κ2) is 12.5. The molecule has 0 radical (unpaired) electrons. The van der Waals surface area contributed by atoms with Crippen LogP contribution in [-0.2, 0) is 6.42 Å². The van der Waals surface area contributed by atoms with E-state index in [1.807, 2.05) is 54.6 Å². The van der Waals surface area contributed by atoms with E-state index >= 15 is 0 Å². The van der Waals surface area contributed by atoms with Gasteiger partial charge < -0.3 is 13.4 Å². The highest BCUT2D eigenvalue weighted by Gasteiger charge is 2.21. The Morgan fingerprint density at radius 3 is 2.04 bits per heavy atom. The maximum Gasteiger partial charge on any atom is 0.164 e. The highest BCUT2D eigenvalue weighted by molar-refractivity contribution is 6.21. The van der Waals surface area contributed by atoms with E-state index in [9.17, 15) is 0 Å². The molecular formula is C49H34N4O2. The predicted molar refractivity (Wildman–Crippen MR) is 224 cm³/mol. The lowest BCUT2D eigenvalue weighted by Gasteiger charge is -2.10. The minimum atomic E-state index is 0.603. The van der Waals surface area contributed by atoms with Gasteiger partial charge in [-0.2, -0.15) is 0 Å². The van der Waals surface area contributed by atoms with Gasteiger partial charge in [0.1, 0.15) is 16.7 Å². The fourth-order valence-corrected chi connectivity index (χ4v) is 8.18. The topological polar surface area (TPSA) is 69.9 Å². The number of hydrogen-bond donors (Lipinski definition) is 0. The molecule has 6 heteroatoms. The number of aromatic nitrogens is 4. The van der Waals surface area contributed by atoms with Crippen molar-refractivity contribution < 1.29 is 8.83 Å². The summed E-state index contributed by atoms with van der Waals surface area (Å²) in [6, 6.07) is 52.5. The van der Waals surface area contributed by atoms with Crippen molar-refractivity contribution in [1.29, 1.82) is 0 Å². The van der Waals surface area contributed by atoms with Gasteiger partial charge in [-0.05, 0) is 54.8 Å². The molecule has 0 atom stereocenters. The van der Waals surface area contributed by atoms with E-state index in [1.165, 1.54) is 23.8 Å². The van der Waals surface area contributed by atoms with Gasteiger partial charge >= 0.3 is 0 Å². The molecule has 0 N–H and O–H groups in total. The monoisotopic (exact) mass is 710 g/mol. The Morgan fingerprint density at radius 1 is 0.509 bits per heavy atom. The van der Waals surface area contributed by atoms with Gasteiger partial charge in [0.05, 0.1) is 16.7 Å². The van der Waals surface area contributed by atoms with Crippen molar-refractivity contribution >= 4 is 65.7 Å². The highest BCUT2D eigenvalue weighted by atomic mass is 16.3. The molecule has 0 amide bonds. The van der Waals surface area contributed by atoms with Crippen LogP contribution in [0.25, 0.3) is 106 Å². The molecule has 0 spiro atoms. The molecule has 262 valence electrons. The number of para-hydroxylation sites is 2. The summed E-state index contributed by atoms with van der Waals surface area (Å²) in [5.41, 5.74) is 10.5. The molecule has 0 aliphatic rings. The van der Waals surface area contributed by atoms with E-state index < -0.39 is 0 Å². The summed E-state index contributed by atoms with van der Waals surface area (Å²) >= 11 is 0. The van der Waals surface area contributed by atoms with Crippen molar-refractivity contribution in [3.63, 3.8) is 0 Å². The van der Waals surface area contributed by atoms with Crippen LogP contribution in [0.3, 0.4) is 0 Å². The Balaban J connectivity index is 1.10. The van der Waals surface area contributed by atoms with Crippen molar-refractivity contribution in [3.8, 4) is 39.9 Å². The van der Waals surface area contributed by atoms with Gasteiger partial charge in [-0.15, -0.1) is 0 Å². The number of unbranched alkanes of at least 4 members (excludes halogenated alkanes) is 1. The highest BCUT2D eigenvalue weighted by Crippen LogP contribution is 2.42. The molecule has 0 unspecified atom stereocenters. The minimum Gasteiger partial charge on any atom is -0.456 e. The average molecular weight is 711 g/mol. The summed E-state index contributed by atoms with van der Waals surface area (Å²) in [6.45, 7) is 2.22. The van der Waals surface area contributed by atoms with Crippen LogP contribution in [0.4, 0.5) is 0 Å². The zero-order chi connectivity index (χ0) is 36.5. The Bertz CT molecular complexity index is 3240. The average Bonchev–Trinajstić information content (AvgIpc) is 3.92. The van der Waals surface area contributed by atoms with Gasteiger partial charge in [0.25, 0.3) is 0 Å². The fourth-order valence-electron chi connectivity index (χ4n) is 8.18. The molecular weight excluding hydrogens is 677 g/mol. The van der Waals surface area contributed by atoms with E-state index in [0.717, 1.165) is 89.1 Å². The summed E-state index contributed by atoms with van der Waals surface area (Å²) in [7, 11) is 0. The van der Waals surface area contributed by atoms with Crippen LogP contribution >= 0.6 is 0 Å². The maximum absolute atomic E-state index is 6.68. The molecule has 4 aromatic heterocycles. The molecule has 0 bridgehead atoms. The number of benzene rings is 7. The number of fused-ring (bicyclic) bond motifs is 10. The van der Waals surface area contributed by atoms with Crippen LogP contribution in [0, 0.1) is 0 Å². The molecule has 0 saturated carbocycles. The molecule has 0 saturated heterocycles. The largest absolute Gasteiger partial charge is 0.456 e. The van der Waals surface area contributed by atoms with Gasteiger partial charge in [0.15, 0.2) is 23.1 Å². The van der Waals surface area contributed by atoms with Crippen LogP contribution in [-0.4, -0.2) is 19.5 Å². The first kappa shape index (κ1) is 31.5. The van der Waals surface area contributed by atoms with Crippen LogP contribution in [0.5, 0.6) is 0 Å². The zero-order valence-corrected chi connectivity index (χ0v) is 30.2. The first-order valence-corrected chi connectivity index (χ1v) is 18.9. The van der Waals surface area contributed by atoms with E-state index in [-0.39, 0.29) is 0 Å². The summed E-state index contributed by atoms with van der Waals surface area (Å²) in [5, 5.41) is 6.48. The van der Waals surface area contributed by atoms with E-state index in [2.05, 4.69) is 109 Å². The zero-order valence-electron chi connectivity index (χ0n) is 30.2. The molecule has 4 heterocycles. The van der Waals surface area contributed by atoms with E-state index in [0.29, 0.717) is 17.5 Å². The summed E-state index contributed by atoms with van der Waals surface area (Å²) in [6.07, 6.45) is 3.40. The van der Waals surface area contributed by atoms with Gasteiger partial charge in [-0.25, -0.2) is 15.0 Å². The van der Waals surface area contributed by atoms with E-state index in [4.69, 9.17) is 23.8 Å². The number of furan rings is 2. The van der Waals surface area contributed by atoms with Gasteiger partial charge in [0, 0.05) is 55.1 Å². The van der Waals surface area contributed by atoms with Gasteiger partial charge in [-0.3, -0.25) is 0 Å². The molecule has 11 rings (SSSR count). The number of rotatable bonds is 7. The Hall–Kier alpha value is -7.05.